The van der Waals surface area contributed by atoms with Gasteiger partial charge in [-0.2, -0.15) is 0 Å². The first kappa shape index (κ1) is 22.2. The maximum absolute atomic E-state index is 12.1. The summed E-state index contributed by atoms with van der Waals surface area (Å²) in [6, 6.07) is 10.1. The quantitative estimate of drug-likeness (QED) is 0.470. The summed E-state index contributed by atoms with van der Waals surface area (Å²) in [5.41, 5.74) is 0.252. The van der Waals surface area contributed by atoms with Crippen LogP contribution in [0.25, 0.3) is 0 Å². The number of methoxy groups -OCH3 is 1. The van der Waals surface area contributed by atoms with E-state index in [1.807, 2.05) is 0 Å². The monoisotopic (exact) mass is 445 g/mol. The molecule has 0 fully saturated rings. The van der Waals surface area contributed by atoms with Crippen molar-refractivity contribution in [2.45, 2.75) is 11.3 Å². The molecule has 0 aromatic heterocycles. The number of ketones is 1. The Labute approximate surface area is 172 Å². The summed E-state index contributed by atoms with van der Waals surface area (Å²) in [7, 11) is -2.30. The predicted molar refractivity (Wildman–Crippen MR) is 105 cm³/mol. The van der Waals surface area contributed by atoms with Crippen LogP contribution in [0.3, 0.4) is 0 Å². The van der Waals surface area contributed by atoms with Crippen LogP contribution in [0.4, 0.5) is 0 Å². The third kappa shape index (κ3) is 6.20. The number of ether oxygens (including phenoxy) is 2. The van der Waals surface area contributed by atoms with Gasteiger partial charge in [-0.15, -0.1) is 0 Å². The van der Waals surface area contributed by atoms with Gasteiger partial charge in [-0.05, 0) is 42.5 Å². The third-order valence-electron chi connectivity index (χ3n) is 3.60. The second kappa shape index (κ2) is 9.88. The highest BCUT2D eigenvalue weighted by atomic mass is 35.5. The highest BCUT2D eigenvalue weighted by Crippen LogP contribution is 2.22. The molecule has 0 saturated carbocycles. The molecule has 10 heteroatoms. The van der Waals surface area contributed by atoms with Gasteiger partial charge in [0.25, 0.3) is 0 Å². The third-order valence-corrected chi connectivity index (χ3v) is 5.81. The highest BCUT2D eigenvalue weighted by molar-refractivity contribution is 7.89. The maximum Gasteiger partial charge on any atom is 0.307 e. The fourth-order valence-electron chi connectivity index (χ4n) is 2.10. The Bertz CT molecular complexity index is 961. The van der Waals surface area contributed by atoms with E-state index >= 15 is 0 Å². The number of Topliss-reactive ketones (excluding diaryl/α,β-unsaturated/α-hetero) is 1. The molecule has 28 heavy (non-hydrogen) atoms. The van der Waals surface area contributed by atoms with Gasteiger partial charge in [-0.1, -0.05) is 23.2 Å². The molecular weight excluding hydrogens is 429 g/mol. The second-order valence-corrected chi connectivity index (χ2v) is 8.12. The van der Waals surface area contributed by atoms with Gasteiger partial charge in [0, 0.05) is 12.1 Å². The van der Waals surface area contributed by atoms with Gasteiger partial charge >= 0.3 is 5.97 Å². The Hall–Kier alpha value is -2.13. The summed E-state index contributed by atoms with van der Waals surface area (Å²) < 4.78 is 36.4. The van der Waals surface area contributed by atoms with Crippen molar-refractivity contribution in [2.24, 2.45) is 0 Å². The normalized spacial score (nSPS) is 11.1. The van der Waals surface area contributed by atoms with Crippen molar-refractivity contribution in [2.75, 3.05) is 20.3 Å². The Morgan fingerprint density at radius 2 is 1.71 bits per heavy atom. The zero-order chi connectivity index (χ0) is 20.7. The summed E-state index contributed by atoms with van der Waals surface area (Å²) in [5.74, 6) is -0.647. The van der Waals surface area contributed by atoms with E-state index in [0.29, 0.717) is 10.8 Å². The Kier molecular flexibility index (Phi) is 7.82. The van der Waals surface area contributed by atoms with Crippen molar-refractivity contribution in [3.05, 3.63) is 58.1 Å². The zero-order valence-corrected chi connectivity index (χ0v) is 17.1. The minimum Gasteiger partial charge on any atom is -0.497 e. The number of rotatable bonds is 9. The van der Waals surface area contributed by atoms with E-state index < -0.39 is 28.4 Å². The molecule has 0 unspecified atom stereocenters. The molecule has 0 spiro atoms. The van der Waals surface area contributed by atoms with E-state index in [-0.39, 0.29) is 28.4 Å². The van der Waals surface area contributed by atoms with E-state index in [0.717, 1.165) is 0 Å². The number of hydrogen-bond acceptors (Lipinski definition) is 6. The molecule has 0 amide bonds. The average molecular weight is 446 g/mol. The first-order chi connectivity index (χ1) is 13.2. The van der Waals surface area contributed by atoms with Gasteiger partial charge in [0.2, 0.25) is 10.0 Å². The lowest BCUT2D eigenvalue weighted by atomic mass is 10.1. The van der Waals surface area contributed by atoms with Crippen LogP contribution in [0, 0.1) is 0 Å². The molecule has 7 nitrogen and oxygen atoms in total. The lowest BCUT2D eigenvalue weighted by Gasteiger charge is -2.08. The van der Waals surface area contributed by atoms with E-state index in [1.54, 1.807) is 0 Å². The van der Waals surface area contributed by atoms with Crippen LogP contribution in [0.15, 0.2) is 47.4 Å². The molecule has 1 N–H and O–H groups in total. The minimum atomic E-state index is -3.77. The molecule has 2 aromatic rings. The summed E-state index contributed by atoms with van der Waals surface area (Å²) >= 11 is 11.6. The molecule has 0 saturated heterocycles. The van der Waals surface area contributed by atoms with E-state index in [1.165, 1.54) is 49.6 Å². The lowest BCUT2D eigenvalue weighted by molar-refractivity contribution is -0.142. The number of nitrogens with one attached hydrogen (secondary N) is 1. The predicted octanol–water partition coefficient (Wildman–Crippen LogP) is 3.10. The molecule has 0 aliphatic rings. The van der Waals surface area contributed by atoms with Crippen LogP contribution in [0.2, 0.25) is 10.0 Å². The topological polar surface area (TPSA) is 98.8 Å². The number of hydrogen-bond donors (Lipinski definition) is 1. The van der Waals surface area contributed by atoms with Gasteiger partial charge in [0.05, 0.1) is 28.5 Å². The molecule has 2 rings (SSSR count). The molecule has 2 aromatic carbocycles. The number of sulfonamides is 1. The smallest absolute Gasteiger partial charge is 0.307 e. The van der Waals surface area contributed by atoms with E-state index in [2.05, 4.69) is 4.72 Å². The first-order valence-corrected chi connectivity index (χ1v) is 10.2. The number of benzene rings is 2. The Balaban J connectivity index is 1.80. The van der Waals surface area contributed by atoms with Crippen LogP contribution >= 0.6 is 23.2 Å². The van der Waals surface area contributed by atoms with Crippen molar-refractivity contribution in [3.63, 3.8) is 0 Å². The van der Waals surface area contributed by atoms with Crippen LogP contribution in [0.1, 0.15) is 16.8 Å². The zero-order valence-electron chi connectivity index (χ0n) is 14.8. The largest absolute Gasteiger partial charge is 0.497 e. The molecule has 0 heterocycles. The second-order valence-electron chi connectivity index (χ2n) is 5.54. The van der Waals surface area contributed by atoms with Crippen molar-refractivity contribution in [3.8, 4) is 5.75 Å². The average Bonchev–Trinajstić information content (AvgIpc) is 2.68. The Morgan fingerprint density at radius 1 is 1.04 bits per heavy atom. The van der Waals surface area contributed by atoms with Crippen LogP contribution < -0.4 is 9.46 Å². The van der Waals surface area contributed by atoms with E-state index in [9.17, 15) is 18.0 Å². The summed E-state index contributed by atoms with van der Waals surface area (Å²) in [5, 5.41) is 0.520. The van der Waals surface area contributed by atoms with Crippen molar-refractivity contribution in [1.29, 1.82) is 0 Å². The van der Waals surface area contributed by atoms with Gasteiger partial charge in [0.1, 0.15) is 5.75 Å². The van der Waals surface area contributed by atoms with Crippen molar-refractivity contribution in [1.82, 2.24) is 4.72 Å². The maximum atomic E-state index is 12.1. The molecular formula is C18H17Cl2NO6S. The van der Waals surface area contributed by atoms with Crippen LogP contribution in [-0.4, -0.2) is 40.4 Å². The fourth-order valence-corrected chi connectivity index (χ4v) is 3.43. The van der Waals surface area contributed by atoms with Gasteiger partial charge in [-0.25, -0.2) is 13.1 Å². The summed E-state index contributed by atoms with van der Waals surface area (Å²) in [4.78, 5) is 23.8. The Morgan fingerprint density at radius 3 is 2.32 bits per heavy atom. The van der Waals surface area contributed by atoms with Crippen molar-refractivity contribution >= 4 is 45.0 Å². The summed E-state index contributed by atoms with van der Waals surface area (Å²) in [6.07, 6.45) is -0.232. The van der Waals surface area contributed by atoms with Crippen LogP contribution in [-0.2, 0) is 19.6 Å². The molecule has 0 atom stereocenters. The fraction of sp³-hybridized carbons (Fsp3) is 0.222. The lowest BCUT2D eigenvalue weighted by Crippen LogP contribution is -2.27. The molecule has 0 aliphatic carbocycles. The number of carbonyl (C=O) groups is 2. The van der Waals surface area contributed by atoms with E-state index in [4.69, 9.17) is 32.7 Å². The van der Waals surface area contributed by atoms with Gasteiger partial charge in [-0.3, -0.25) is 9.59 Å². The van der Waals surface area contributed by atoms with Crippen LogP contribution in [0.5, 0.6) is 5.75 Å². The molecule has 0 bridgehead atoms. The van der Waals surface area contributed by atoms with Crippen molar-refractivity contribution < 1.29 is 27.5 Å². The minimum absolute atomic E-state index is 0.0384. The number of carbonyl (C=O) groups excluding carboxylic acids is 2. The number of esters is 1. The SMILES string of the molecule is COc1ccc(S(=O)(=O)NCCC(=O)OCC(=O)c2ccc(Cl)c(Cl)c2)cc1. The first-order valence-electron chi connectivity index (χ1n) is 8.00. The molecule has 0 aliphatic heterocycles. The standard InChI is InChI=1S/C18H17Cl2NO6S/c1-26-13-3-5-14(6-4-13)28(24,25)21-9-8-18(23)27-11-17(22)12-2-7-15(19)16(20)10-12/h2-7,10,21H,8-9,11H2,1H3. The van der Waals surface area contributed by atoms with Gasteiger partial charge in [0.15, 0.2) is 12.4 Å². The number of halogens is 2. The summed E-state index contributed by atoms with van der Waals surface area (Å²) in [6.45, 7) is -0.657. The molecule has 0 radical (unpaired) electrons. The van der Waals surface area contributed by atoms with Gasteiger partial charge < -0.3 is 9.47 Å². The highest BCUT2D eigenvalue weighted by Gasteiger charge is 2.16. The molecule has 150 valence electrons.